The van der Waals surface area contributed by atoms with Crippen molar-refractivity contribution in [3.63, 3.8) is 0 Å². The predicted molar refractivity (Wildman–Crippen MR) is 83.8 cm³/mol. The topological polar surface area (TPSA) is 42.9 Å². The monoisotopic (exact) mass is 296 g/mol. The van der Waals surface area contributed by atoms with Gasteiger partial charge in [-0.2, -0.15) is 0 Å². The second-order valence-electron chi connectivity index (χ2n) is 4.75. The zero-order valence-corrected chi connectivity index (χ0v) is 12.0. The Balaban J connectivity index is 2.09. The average Bonchev–Trinajstić information content (AvgIpc) is 2.55. The van der Waals surface area contributed by atoms with E-state index in [9.17, 15) is 4.79 Å². The second-order valence-corrected chi connectivity index (χ2v) is 5.08. The van der Waals surface area contributed by atoms with Crippen LogP contribution in [0.2, 0.25) is 5.28 Å². The molecule has 0 aliphatic heterocycles. The van der Waals surface area contributed by atoms with E-state index in [0.29, 0.717) is 11.3 Å². The second kappa shape index (κ2) is 6.02. The molecule has 0 atom stereocenters. The Hall–Kier alpha value is -2.26. The standard InChI is InChI=1S/C17H13ClN2O/c18-17-19-15(12-6-2-1-3-7-12)10-16(20-17)14-9-5-4-8-13(14)11-21/h1-3,6-11H,4-5H2. The van der Waals surface area contributed by atoms with Crippen molar-refractivity contribution in [1.29, 1.82) is 0 Å². The van der Waals surface area contributed by atoms with Crippen molar-refractivity contribution in [3.05, 3.63) is 65.1 Å². The van der Waals surface area contributed by atoms with Crippen molar-refractivity contribution < 1.29 is 4.79 Å². The van der Waals surface area contributed by atoms with Gasteiger partial charge in [-0.15, -0.1) is 0 Å². The highest BCUT2D eigenvalue weighted by Gasteiger charge is 2.14. The molecule has 0 amide bonds. The normalized spacial score (nSPS) is 14.3. The minimum absolute atomic E-state index is 0.183. The maximum atomic E-state index is 11.2. The van der Waals surface area contributed by atoms with Crippen molar-refractivity contribution in [2.75, 3.05) is 0 Å². The lowest BCUT2D eigenvalue weighted by Crippen LogP contribution is -2.01. The smallest absolute Gasteiger partial charge is 0.223 e. The van der Waals surface area contributed by atoms with Gasteiger partial charge in [0.2, 0.25) is 5.28 Å². The highest BCUT2D eigenvalue weighted by molar-refractivity contribution is 6.28. The molecule has 104 valence electrons. The van der Waals surface area contributed by atoms with E-state index in [0.717, 1.165) is 36.0 Å². The Bertz CT molecular complexity index is 736. The van der Waals surface area contributed by atoms with E-state index in [-0.39, 0.29) is 5.28 Å². The minimum Gasteiger partial charge on any atom is -0.298 e. The molecule has 0 unspecified atom stereocenters. The van der Waals surface area contributed by atoms with Gasteiger partial charge in [0.25, 0.3) is 0 Å². The molecule has 0 spiro atoms. The van der Waals surface area contributed by atoms with Crippen molar-refractivity contribution in [1.82, 2.24) is 9.97 Å². The zero-order valence-electron chi connectivity index (χ0n) is 11.3. The molecule has 1 heterocycles. The summed E-state index contributed by atoms with van der Waals surface area (Å²) in [7, 11) is 0. The van der Waals surface area contributed by atoms with E-state index >= 15 is 0 Å². The number of carbonyl (C=O) groups excluding carboxylic acids is 1. The molecule has 1 aromatic carbocycles. The van der Waals surface area contributed by atoms with Crippen molar-refractivity contribution in [2.45, 2.75) is 12.8 Å². The summed E-state index contributed by atoms with van der Waals surface area (Å²) < 4.78 is 0. The van der Waals surface area contributed by atoms with Crippen molar-refractivity contribution in [2.24, 2.45) is 0 Å². The number of aromatic nitrogens is 2. The molecule has 1 aromatic heterocycles. The zero-order chi connectivity index (χ0) is 14.7. The van der Waals surface area contributed by atoms with Crippen molar-refractivity contribution in [3.8, 4) is 11.3 Å². The maximum absolute atomic E-state index is 11.2. The molecule has 1 aliphatic carbocycles. The first-order valence-electron chi connectivity index (χ1n) is 6.74. The van der Waals surface area contributed by atoms with Gasteiger partial charge in [0, 0.05) is 16.7 Å². The van der Waals surface area contributed by atoms with Gasteiger partial charge in [0.1, 0.15) is 6.29 Å². The van der Waals surface area contributed by atoms with Crippen LogP contribution in [0, 0.1) is 0 Å². The van der Waals surface area contributed by atoms with Crippen LogP contribution >= 0.6 is 11.6 Å². The van der Waals surface area contributed by atoms with Crippen LogP contribution in [0.1, 0.15) is 18.5 Å². The van der Waals surface area contributed by atoms with Gasteiger partial charge in [-0.1, -0.05) is 42.5 Å². The summed E-state index contributed by atoms with van der Waals surface area (Å²) >= 11 is 6.05. The van der Waals surface area contributed by atoms with Crippen LogP contribution in [-0.2, 0) is 4.79 Å². The van der Waals surface area contributed by atoms with Crippen LogP contribution < -0.4 is 0 Å². The molecule has 1 aliphatic rings. The number of aldehydes is 1. The first-order valence-corrected chi connectivity index (χ1v) is 7.12. The molecule has 21 heavy (non-hydrogen) atoms. The summed E-state index contributed by atoms with van der Waals surface area (Å²) in [5, 5.41) is 0.183. The highest BCUT2D eigenvalue weighted by Crippen LogP contribution is 2.29. The minimum atomic E-state index is 0.183. The summed E-state index contributed by atoms with van der Waals surface area (Å²) in [5.41, 5.74) is 3.90. The molecule has 0 saturated heterocycles. The maximum Gasteiger partial charge on any atom is 0.223 e. The van der Waals surface area contributed by atoms with Gasteiger partial charge in [-0.3, -0.25) is 4.79 Å². The van der Waals surface area contributed by atoms with Gasteiger partial charge in [-0.25, -0.2) is 9.97 Å². The number of rotatable bonds is 3. The Morgan fingerprint density at radius 1 is 1.00 bits per heavy atom. The number of halogens is 1. The number of nitrogens with zero attached hydrogens (tertiary/aromatic N) is 2. The van der Waals surface area contributed by atoms with Crippen LogP contribution in [-0.4, -0.2) is 16.3 Å². The Morgan fingerprint density at radius 3 is 2.48 bits per heavy atom. The molecule has 0 bridgehead atoms. The van der Waals surface area contributed by atoms with Gasteiger partial charge in [-0.05, 0) is 30.5 Å². The van der Waals surface area contributed by atoms with Gasteiger partial charge in [0.15, 0.2) is 0 Å². The molecule has 3 rings (SSSR count). The summed E-state index contributed by atoms with van der Waals surface area (Å²) in [6, 6.07) is 11.6. The van der Waals surface area contributed by atoms with Crippen LogP contribution in [0.3, 0.4) is 0 Å². The number of allylic oxidation sites excluding steroid dienone is 4. The van der Waals surface area contributed by atoms with Crippen LogP contribution in [0.5, 0.6) is 0 Å². The lowest BCUT2D eigenvalue weighted by Gasteiger charge is -2.12. The van der Waals surface area contributed by atoms with E-state index in [1.807, 2.05) is 48.6 Å². The molecule has 0 fully saturated rings. The third-order valence-electron chi connectivity index (χ3n) is 3.36. The molecular formula is C17H13ClN2O. The molecule has 0 radical (unpaired) electrons. The SMILES string of the molecule is O=CC1=CCCC=C1c1cc(-c2ccccc2)nc(Cl)n1. The summed E-state index contributed by atoms with van der Waals surface area (Å²) in [4.78, 5) is 19.7. The first kappa shape index (κ1) is 13.7. The van der Waals surface area contributed by atoms with Crippen LogP contribution in [0.4, 0.5) is 0 Å². The number of hydrogen-bond donors (Lipinski definition) is 0. The molecule has 2 aromatic rings. The van der Waals surface area contributed by atoms with Crippen LogP contribution in [0.25, 0.3) is 16.8 Å². The lowest BCUT2D eigenvalue weighted by molar-refractivity contribution is -0.104. The third-order valence-corrected chi connectivity index (χ3v) is 3.53. The number of hydrogen-bond acceptors (Lipinski definition) is 3. The summed E-state index contributed by atoms with van der Waals surface area (Å²) in [5.74, 6) is 0. The molecular weight excluding hydrogens is 284 g/mol. The average molecular weight is 297 g/mol. The third kappa shape index (κ3) is 2.93. The Kier molecular flexibility index (Phi) is 3.93. The fraction of sp³-hybridized carbons (Fsp3) is 0.118. The number of benzene rings is 1. The van der Waals surface area contributed by atoms with Crippen molar-refractivity contribution >= 4 is 23.5 Å². The highest BCUT2D eigenvalue weighted by atomic mass is 35.5. The first-order chi connectivity index (χ1) is 10.3. The van der Waals surface area contributed by atoms with Crippen LogP contribution in [0.15, 0.2) is 54.1 Å². The van der Waals surface area contributed by atoms with Gasteiger partial charge < -0.3 is 0 Å². The molecule has 3 nitrogen and oxygen atoms in total. The predicted octanol–water partition coefficient (Wildman–Crippen LogP) is 4.10. The van der Waals surface area contributed by atoms with E-state index < -0.39 is 0 Å². The largest absolute Gasteiger partial charge is 0.298 e. The molecule has 0 N–H and O–H groups in total. The number of carbonyl (C=O) groups is 1. The van der Waals surface area contributed by atoms with E-state index in [1.54, 1.807) is 0 Å². The van der Waals surface area contributed by atoms with Gasteiger partial charge in [0.05, 0.1) is 11.4 Å². The fourth-order valence-corrected chi connectivity index (χ4v) is 2.55. The summed E-state index contributed by atoms with van der Waals surface area (Å²) in [6.07, 6.45) is 6.60. The van der Waals surface area contributed by atoms with E-state index in [2.05, 4.69) is 9.97 Å². The Morgan fingerprint density at radius 2 is 1.71 bits per heavy atom. The fourth-order valence-electron chi connectivity index (χ4n) is 2.37. The molecule has 4 heteroatoms. The molecule has 0 saturated carbocycles. The quantitative estimate of drug-likeness (QED) is 0.632. The van der Waals surface area contributed by atoms with E-state index in [4.69, 9.17) is 11.6 Å². The lowest BCUT2D eigenvalue weighted by atomic mass is 9.95. The van der Waals surface area contributed by atoms with E-state index in [1.165, 1.54) is 0 Å². The van der Waals surface area contributed by atoms with Gasteiger partial charge >= 0.3 is 0 Å². The summed E-state index contributed by atoms with van der Waals surface area (Å²) in [6.45, 7) is 0. The Labute approximate surface area is 128 Å².